The molecule has 1 saturated heterocycles. The first-order valence-corrected chi connectivity index (χ1v) is 7.62. The van der Waals surface area contributed by atoms with Crippen LogP contribution in [0.25, 0.3) is 0 Å². The lowest BCUT2D eigenvalue weighted by Gasteiger charge is -2.35. The smallest absolute Gasteiger partial charge is 0.342 e. The predicted molar refractivity (Wildman–Crippen MR) is 81.9 cm³/mol. The van der Waals surface area contributed by atoms with Crippen LogP contribution in [0.5, 0.6) is 0 Å². The van der Waals surface area contributed by atoms with E-state index in [0.29, 0.717) is 43.3 Å². The molecule has 1 fully saturated rings. The monoisotopic (exact) mass is 322 g/mol. The second kappa shape index (κ2) is 6.85. The number of carbonyl (C=O) groups excluding carboxylic acids is 3. The van der Waals surface area contributed by atoms with Crippen molar-refractivity contribution >= 4 is 17.8 Å². The molecular weight excluding hydrogens is 300 g/mol. The van der Waals surface area contributed by atoms with Crippen LogP contribution in [0.3, 0.4) is 0 Å². The van der Waals surface area contributed by atoms with E-state index in [1.807, 2.05) is 0 Å². The van der Waals surface area contributed by atoms with Crippen LogP contribution < -0.4 is 0 Å². The van der Waals surface area contributed by atoms with Gasteiger partial charge in [-0.25, -0.2) is 4.79 Å². The number of aryl methyl sites for hydroxylation is 2. The molecular formula is C16H22N2O5. The number of hydrogen-bond donors (Lipinski definition) is 0. The fraction of sp³-hybridized carbons (Fsp3) is 0.562. The van der Waals surface area contributed by atoms with Crippen LogP contribution in [0.15, 0.2) is 10.5 Å². The number of amides is 2. The van der Waals surface area contributed by atoms with Gasteiger partial charge in [-0.15, -0.1) is 0 Å². The van der Waals surface area contributed by atoms with Crippen molar-refractivity contribution in [2.45, 2.75) is 33.8 Å². The molecule has 1 aromatic heterocycles. The van der Waals surface area contributed by atoms with Gasteiger partial charge in [0.2, 0.25) is 5.91 Å². The lowest BCUT2D eigenvalue weighted by molar-refractivity contribution is -0.144. The molecule has 0 N–H and O–H groups in total. The molecule has 7 nitrogen and oxygen atoms in total. The molecule has 23 heavy (non-hydrogen) atoms. The second-order valence-electron chi connectivity index (χ2n) is 5.71. The molecule has 2 heterocycles. The zero-order chi connectivity index (χ0) is 17.1. The Labute approximate surface area is 135 Å². The van der Waals surface area contributed by atoms with Crippen LogP contribution in [0.2, 0.25) is 0 Å². The third kappa shape index (κ3) is 3.91. The summed E-state index contributed by atoms with van der Waals surface area (Å²) in [6.45, 7) is 8.39. The summed E-state index contributed by atoms with van der Waals surface area (Å²) in [7, 11) is 0. The lowest BCUT2D eigenvalue weighted by Crippen LogP contribution is -2.52. The highest BCUT2D eigenvalue weighted by Gasteiger charge is 2.28. The molecule has 0 radical (unpaired) electrons. The van der Waals surface area contributed by atoms with Gasteiger partial charge in [0.15, 0.2) is 6.10 Å². The highest BCUT2D eigenvalue weighted by atomic mass is 16.5. The van der Waals surface area contributed by atoms with Crippen LogP contribution in [0.4, 0.5) is 0 Å². The first-order valence-electron chi connectivity index (χ1n) is 7.62. The molecule has 0 spiro atoms. The summed E-state index contributed by atoms with van der Waals surface area (Å²) >= 11 is 0. The van der Waals surface area contributed by atoms with Gasteiger partial charge >= 0.3 is 5.97 Å². The normalized spacial score (nSPS) is 16.2. The van der Waals surface area contributed by atoms with E-state index in [-0.39, 0.29) is 11.8 Å². The highest BCUT2D eigenvalue weighted by Crippen LogP contribution is 2.16. The van der Waals surface area contributed by atoms with Crippen molar-refractivity contribution in [3.63, 3.8) is 0 Å². The average Bonchev–Trinajstić information content (AvgIpc) is 2.85. The minimum atomic E-state index is -0.874. The standard InChI is InChI=1S/C16H22N2O5/c1-10-9-14(11(2)22-10)16(21)23-12(3)15(20)18-7-5-17(6-8-18)13(4)19/h9,12H,5-8H2,1-4H3/t12-/m1/s1. The molecule has 2 amide bonds. The number of furan rings is 1. The highest BCUT2D eigenvalue weighted by molar-refractivity contribution is 5.93. The summed E-state index contributed by atoms with van der Waals surface area (Å²) < 4.78 is 10.5. The zero-order valence-corrected chi connectivity index (χ0v) is 13.9. The molecule has 0 aliphatic carbocycles. The first-order chi connectivity index (χ1) is 10.8. The Morgan fingerprint density at radius 2 is 1.70 bits per heavy atom. The number of rotatable bonds is 3. The molecule has 0 saturated carbocycles. The van der Waals surface area contributed by atoms with E-state index in [9.17, 15) is 14.4 Å². The van der Waals surface area contributed by atoms with Crippen molar-refractivity contribution in [2.24, 2.45) is 0 Å². The number of nitrogens with zero attached hydrogens (tertiary/aromatic N) is 2. The number of esters is 1. The van der Waals surface area contributed by atoms with Crippen LogP contribution in [0, 0.1) is 13.8 Å². The van der Waals surface area contributed by atoms with Gasteiger partial charge in [0.25, 0.3) is 5.91 Å². The van der Waals surface area contributed by atoms with E-state index >= 15 is 0 Å². The minimum Gasteiger partial charge on any atom is -0.466 e. The topological polar surface area (TPSA) is 80.1 Å². The molecule has 126 valence electrons. The van der Waals surface area contributed by atoms with Crippen molar-refractivity contribution in [2.75, 3.05) is 26.2 Å². The Kier molecular flexibility index (Phi) is 5.08. The SMILES string of the molecule is CC(=O)N1CCN(C(=O)[C@@H](C)OC(=O)c2cc(C)oc2C)CC1. The van der Waals surface area contributed by atoms with Gasteiger partial charge < -0.3 is 19.0 Å². The fourth-order valence-electron chi connectivity index (χ4n) is 2.61. The van der Waals surface area contributed by atoms with E-state index in [4.69, 9.17) is 9.15 Å². The third-order valence-electron chi connectivity index (χ3n) is 3.93. The van der Waals surface area contributed by atoms with E-state index in [0.717, 1.165) is 0 Å². The summed E-state index contributed by atoms with van der Waals surface area (Å²) in [5.74, 6) is 0.278. The average molecular weight is 322 g/mol. The molecule has 0 unspecified atom stereocenters. The van der Waals surface area contributed by atoms with Gasteiger partial charge in [-0.2, -0.15) is 0 Å². The summed E-state index contributed by atoms with van der Waals surface area (Å²) in [5.41, 5.74) is 0.337. The summed E-state index contributed by atoms with van der Waals surface area (Å²) in [6, 6.07) is 1.60. The Morgan fingerprint density at radius 3 is 2.17 bits per heavy atom. The maximum atomic E-state index is 12.4. The van der Waals surface area contributed by atoms with Crippen LogP contribution >= 0.6 is 0 Å². The molecule has 0 bridgehead atoms. The van der Waals surface area contributed by atoms with E-state index in [1.165, 1.54) is 6.92 Å². The number of carbonyl (C=O) groups is 3. The zero-order valence-electron chi connectivity index (χ0n) is 13.9. The molecule has 1 aliphatic rings. The minimum absolute atomic E-state index is 0.00220. The van der Waals surface area contributed by atoms with Gasteiger partial charge in [-0.1, -0.05) is 0 Å². The molecule has 1 aromatic rings. The molecule has 1 aliphatic heterocycles. The molecule has 1 atom stereocenters. The van der Waals surface area contributed by atoms with Gasteiger partial charge in [-0.3, -0.25) is 9.59 Å². The largest absolute Gasteiger partial charge is 0.466 e. The maximum Gasteiger partial charge on any atom is 0.342 e. The van der Waals surface area contributed by atoms with Crippen molar-refractivity contribution < 1.29 is 23.5 Å². The second-order valence-corrected chi connectivity index (χ2v) is 5.71. The molecule has 7 heteroatoms. The van der Waals surface area contributed by atoms with Crippen molar-refractivity contribution in [1.29, 1.82) is 0 Å². The van der Waals surface area contributed by atoms with E-state index < -0.39 is 12.1 Å². The van der Waals surface area contributed by atoms with Crippen LogP contribution in [-0.4, -0.2) is 59.9 Å². The van der Waals surface area contributed by atoms with Gasteiger partial charge in [0.05, 0.1) is 0 Å². The Morgan fingerprint density at radius 1 is 1.13 bits per heavy atom. The third-order valence-corrected chi connectivity index (χ3v) is 3.93. The predicted octanol–water partition coefficient (Wildman–Crippen LogP) is 1.13. The van der Waals surface area contributed by atoms with E-state index in [1.54, 1.807) is 36.6 Å². The van der Waals surface area contributed by atoms with Gasteiger partial charge in [0, 0.05) is 33.1 Å². The summed E-state index contributed by atoms with van der Waals surface area (Å²) in [5, 5.41) is 0. The van der Waals surface area contributed by atoms with Crippen LogP contribution in [-0.2, 0) is 14.3 Å². The molecule has 2 rings (SSSR count). The summed E-state index contributed by atoms with van der Waals surface area (Å²) in [4.78, 5) is 39.1. The number of hydrogen-bond acceptors (Lipinski definition) is 5. The lowest BCUT2D eigenvalue weighted by atomic mass is 10.2. The molecule has 0 aromatic carbocycles. The van der Waals surface area contributed by atoms with Gasteiger partial charge in [0.1, 0.15) is 17.1 Å². The number of piperazine rings is 1. The van der Waals surface area contributed by atoms with Crippen molar-refractivity contribution in [3.05, 3.63) is 23.2 Å². The Balaban J connectivity index is 1.92. The fourth-order valence-corrected chi connectivity index (χ4v) is 2.61. The maximum absolute atomic E-state index is 12.4. The van der Waals surface area contributed by atoms with Gasteiger partial charge in [-0.05, 0) is 26.8 Å². The quantitative estimate of drug-likeness (QED) is 0.780. The van der Waals surface area contributed by atoms with Crippen LogP contribution in [0.1, 0.15) is 35.7 Å². The Bertz CT molecular complexity index is 614. The van der Waals surface area contributed by atoms with E-state index in [2.05, 4.69) is 0 Å². The van der Waals surface area contributed by atoms with Crippen molar-refractivity contribution in [1.82, 2.24) is 9.80 Å². The number of ether oxygens (including phenoxy) is 1. The summed E-state index contributed by atoms with van der Waals surface area (Å²) in [6.07, 6.45) is -0.874. The Hall–Kier alpha value is -2.31. The first kappa shape index (κ1) is 17.1. The van der Waals surface area contributed by atoms with Crippen molar-refractivity contribution in [3.8, 4) is 0 Å².